The number of nitrogens with one attached hydrogen (secondary N) is 1. The molecule has 0 radical (unpaired) electrons. The summed E-state index contributed by atoms with van der Waals surface area (Å²) >= 11 is 0. The molecule has 30 heavy (non-hydrogen) atoms. The van der Waals surface area contributed by atoms with Gasteiger partial charge in [-0.3, -0.25) is 4.79 Å². The molecule has 0 aliphatic rings. The van der Waals surface area contributed by atoms with Crippen molar-refractivity contribution < 1.29 is 13.2 Å². The molecule has 3 rings (SSSR count). The molecule has 3 aromatic carbocycles. The summed E-state index contributed by atoms with van der Waals surface area (Å²) in [7, 11) is -0.703. The fourth-order valence-corrected chi connectivity index (χ4v) is 4.22. The van der Waals surface area contributed by atoms with Crippen LogP contribution < -0.4 is 5.32 Å². The van der Waals surface area contributed by atoms with Gasteiger partial charge < -0.3 is 5.32 Å². The van der Waals surface area contributed by atoms with Crippen LogP contribution in [0.15, 0.2) is 77.7 Å². The van der Waals surface area contributed by atoms with Crippen molar-refractivity contribution in [3.63, 3.8) is 0 Å². The van der Waals surface area contributed by atoms with Crippen LogP contribution in [0.3, 0.4) is 0 Å². The van der Waals surface area contributed by atoms with Gasteiger partial charge >= 0.3 is 0 Å². The van der Waals surface area contributed by atoms with Gasteiger partial charge in [-0.1, -0.05) is 54.6 Å². The Bertz CT molecular complexity index is 1230. The van der Waals surface area contributed by atoms with Crippen molar-refractivity contribution in [1.82, 2.24) is 9.62 Å². The van der Waals surface area contributed by atoms with Crippen molar-refractivity contribution in [2.75, 3.05) is 14.1 Å². The van der Waals surface area contributed by atoms with Gasteiger partial charge in [0.25, 0.3) is 5.91 Å². The van der Waals surface area contributed by atoms with Crippen molar-refractivity contribution >= 4 is 15.9 Å². The number of nitriles is 1. The van der Waals surface area contributed by atoms with Crippen LogP contribution in [0.2, 0.25) is 0 Å². The zero-order chi connectivity index (χ0) is 21.7. The predicted molar refractivity (Wildman–Crippen MR) is 115 cm³/mol. The summed E-state index contributed by atoms with van der Waals surface area (Å²) in [6.07, 6.45) is 0. The van der Waals surface area contributed by atoms with Gasteiger partial charge in [-0.2, -0.15) is 5.26 Å². The molecule has 0 saturated heterocycles. The van der Waals surface area contributed by atoms with Gasteiger partial charge in [-0.05, 0) is 29.3 Å². The van der Waals surface area contributed by atoms with Gasteiger partial charge in [0, 0.05) is 31.8 Å². The second-order valence-corrected chi connectivity index (χ2v) is 8.90. The molecule has 3 aromatic rings. The number of nitrogens with zero attached hydrogens (tertiary/aromatic N) is 2. The summed E-state index contributed by atoms with van der Waals surface area (Å²) < 4.78 is 26.3. The van der Waals surface area contributed by atoms with Crippen LogP contribution in [0.5, 0.6) is 0 Å². The number of carbonyl (C=O) groups is 1. The van der Waals surface area contributed by atoms with E-state index in [9.17, 15) is 18.5 Å². The fraction of sp³-hybridized carbons (Fsp3) is 0.130. The van der Waals surface area contributed by atoms with E-state index < -0.39 is 10.0 Å². The van der Waals surface area contributed by atoms with Crippen LogP contribution in [0, 0.1) is 11.3 Å². The molecule has 0 bridgehead atoms. The van der Waals surface area contributed by atoms with E-state index in [0.29, 0.717) is 27.8 Å². The number of carbonyl (C=O) groups excluding carboxylic acids is 1. The average molecular weight is 420 g/mol. The number of benzene rings is 3. The molecule has 0 aromatic heterocycles. The Kier molecular flexibility index (Phi) is 6.31. The predicted octanol–water partition coefficient (Wildman–Crippen LogP) is 3.41. The second kappa shape index (κ2) is 8.91. The van der Waals surface area contributed by atoms with Gasteiger partial charge in [0.2, 0.25) is 10.0 Å². The smallest absolute Gasteiger partial charge is 0.252 e. The minimum atomic E-state index is -3.63. The van der Waals surface area contributed by atoms with E-state index in [0.717, 1.165) is 4.31 Å². The lowest BCUT2D eigenvalue weighted by atomic mass is 9.95. The summed E-state index contributed by atoms with van der Waals surface area (Å²) in [6, 6.07) is 22.8. The van der Waals surface area contributed by atoms with Gasteiger partial charge in [0.05, 0.1) is 16.5 Å². The molecular weight excluding hydrogens is 398 g/mol. The lowest BCUT2D eigenvalue weighted by molar-refractivity contribution is 0.0951. The fourth-order valence-electron chi connectivity index (χ4n) is 3.10. The molecule has 0 saturated carbocycles. The molecule has 0 fully saturated rings. The Hall–Kier alpha value is -3.47. The highest BCUT2D eigenvalue weighted by molar-refractivity contribution is 7.89. The summed E-state index contributed by atoms with van der Waals surface area (Å²) in [5, 5.41) is 12.2. The van der Waals surface area contributed by atoms with Crippen LogP contribution >= 0.6 is 0 Å². The third kappa shape index (κ3) is 4.25. The summed E-state index contributed by atoms with van der Waals surface area (Å²) in [5.41, 5.74) is 2.69. The van der Waals surface area contributed by atoms with Crippen molar-refractivity contribution in [1.29, 1.82) is 5.26 Å². The quantitative estimate of drug-likeness (QED) is 0.663. The molecule has 1 N–H and O–H groups in total. The first kappa shape index (κ1) is 21.2. The third-order valence-electron chi connectivity index (χ3n) is 4.68. The standard InChI is InChI=1S/C23H21N3O3S/c1-26(2)30(28,29)22-14-8-4-10-18(22)16-25-23(27)21-13-7-6-12-20(21)19-11-5-3-9-17(19)15-24/h3-14H,16H2,1-2H3,(H,25,27). The summed E-state index contributed by atoms with van der Waals surface area (Å²) in [5.74, 6) is -0.351. The number of amides is 1. The van der Waals surface area contributed by atoms with E-state index in [1.54, 1.807) is 60.7 Å². The normalized spacial score (nSPS) is 11.1. The molecule has 0 heterocycles. The Labute approximate surface area is 176 Å². The molecule has 0 unspecified atom stereocenters. The zero-order valence-corrected chi connectivity index (χ0v) is 17.5. The van der Waals surface area contributed by atoms with Crippen LogP contribution in [0.4, 0.5) is 0 Å². The van der Waals surface area contributed by atoms with E-state index in [1.807, 2.05) is 6.07 Å². The van der Waals surface area contributed by atoms with Gasteiger partial charge in [-0.15, -0.1) is 0 Å². The second-order valence-electron chi connectivity index (χ2n) is 6.78. The minimum Gasteiger partial charge on any atom is -0.348 e. The third-order valence-corrected chi connectivity index (χ3v) is 6.60. The van der Waals surface area contributed by atoms with Crippen molar-refractivity contribution in [2.45, 2.75) is 11.4 Å². The number of hydrogen-bond acceptors (Lipinski definition) is 4. The maximum atomic E-state index is 13.0. The number of rotatable bonds is 6. The molecule has 0 aliphatic heterocycles. The average Bonchev–Trinajstić information content (AvgIpc) is 2.77. The van der Waals surface area contributed by atoms with Gasteiger partial charge in [0.15, 0.2) is 0 Å². The Morgan fingerprint density at radius 3 is 2.23 bits per heavy atom. The molecule has 1 amide bonds. The monoisotopic (exact) mass is 419 g/mol. The lowest BCUT2D eigenvalue weighted by Gasteiger charge is -2.16. The van der Waals surface area contributed by atoms with Crippen molar-refractivity contribution in [2.24, 2.45) is 0 Å². The van der Waals surface area contributed by atoms with Crippen LogP contribution in [-0.2, 0) is 16.6 Å². The highest BCUT2D eigenvalue weighted by Gasteiger charge is 2.21. The molecule has 7 heteroatoms. The first-order valence-electron chi connectivity index (χ1n) is 9.23. The van der Waals surface area contributed by atoms with E-state index in [4.69, 9.17) is 0 Å². The van der Waals surface area contributed by atoms with E-state index in [2.05, 4.69) is 11.4 Å². The molecule has 0 spiro atoms. The Morgan fingerprint density at radius 2 is 1.53 bits per heavy atom. The molecule has 0 atom stereocenters. The maximum Gasteiger partial charge on any atom is 0.252 e. The van der Waals surface area contributed by atoms with E-state index >= 15 is 0 Å². The largest absolute Gasteiger partial charge is 0.348 e. The highest BCUT2D eigenvalue weighted by Crippen LogP contribution is 2.27. The Balaban J connectivity index is 1.91. The van der Waals surface area contributed by atoms with Crippen LogP contribution in [0.1, 0.15) is 21.5 Å². The highest BCUT2D eigenvalue weighted by atomic mass is 32.2. The number of sulfonamides is 1. The molecular formula is C23H21N3O3S. The van der Waals surface area contributed by atoms with E-state index in [1.165, 1.54) is 20.2 Å². The molecule has 0 aliphatic carbocycles. The minimum absolute atomic E-state index is 0.0519. The summed E-state index contributed by atoms with van der Waals surface area (Å²) in [4.78, 5) is 13.1. The molecule has 6 nitrogen and oxygen atoms in total. The first-order chi connectivity index (χ1) is 14.4. The van der Waals surface area contributed by atoms with E-state index in [-0.39, 0.29) is 17.3 Å². The van der Waals surface area contributed by atoms with Crippen molar-refractivity contribution in [3.05, 3.63) is 89.5 Å². The Morgan fingerprint density at radius 1 is 0.933 bits per heavy atom. The van der Waals surface area contributed by atoms with Crippen LogP contribution in [0.25, 0.3) is 11.1 Å². The maximum absolute atomic E-state index is 13.0. The SMILES string of the molecule is CN(C)S(=O)(=O)c1ccccc1CNC(=O)c1ccccc1-c1ccccc1C#N. The van der Waals surface area contributed by atoms with Crippen LogP contribution in [-0.4, -0.2) is 32.7 Å². The lowest BCUT2D eigenvalue weighted by Crippen LogP contribution is -2.27. The van der Waals surface area contributed by atoms with Crippen molar-refractivity contribution in [3.8, 4) is 17.2 Å². The van der Waals surface area contributed by atoms with Gasteiger partial charge in [-0.25, -0.2) is 12.7 Å². The molecule has 152 valence electrons. The zero-order valence-electron chi connectivity index (χ0n) is 16.7. The topological polar surface area (TPSA) is 90.3 Å². The van der Waals surface area contributed by atoms with Gasteiger partial charge in [0.1, 0.15) is 0 Å². The first-order valence-corrected chi connectivity index (χ1v) is 10.7. The summed E-state index contributed by atoms with van der Waals surface area (Å²) in [6.45, 7) is 0.0519. The number of hydrogen-bond donors (Lipinski definition) is 1.